The minimum absolute atomic E-state index is 0.0260. The average molecular weight is 279 g/mol. The topological polar surface area (TPSA) is 57.6 Å². The zero-order valence-corrected chi connectivity index (χ0v) is 11.9. The molecule has 0 saturated carbocycles. The Bertz CT molecular complexity index is 551. The molecule has 0 radical (unpaired) electrons. The van der Waals surface area contributed by atoms with Gasteiger partial charge < -0.3 is 10.0 Å². The third-order valence-corrected chi connectivity index (χ3v) is 5.33. The minimum atomic E-state index is -0.761. The maximum Gasteiger partial charge on any atom is 0.308 e. The van der Waals surface area contributed by atoms with Gasteiger partial charge in [-0.15, -0.1) is 11.3 Å². The van der Waals surface area contributed by atoms with Crippen LogP contribution in [0.25, 0.3) is 0 Å². The van der Waals surface area contributed by atoms with Crippen molar-refractivity contribution in [2.75, 3.05) is 0 Å². The number of nitrogens with zero attached hydrogens (tertiary/aromatic N) is 1. The van der Waals surface area contributed by atoms with Crippen molar-refractivity contribution in [2.45, 2.75) is 45.2 Å². The van der Waals surface area contributed by atoms with E-state index in [0.29, 0.717) is 6.42 Å². The predicted molar refractivity (Wildman–Crippen MR) is 72.5 cm³/mol. The fourth-order valence-electron chi connectivity index (χ4n) is 3.55. The highest BCUT2D eigenvalue weighted by Gasteiger charge is 2.51. The van der Waals surface area contributed by atoms with Gasteiger partial charge in [-0.1, -0.05) is 0 Å². The summed E-state index contributed by atoms with van der Waals surface area (Å²) in [6, 6.07) is 1.95. The van der Waals surface area contributed by atoms with Gasteiger partial charge in [0.25, 0.3) is 5.91 Å². The Hall–Kier alpha value is -1.36. The van der Waals surface area contributed by atoms with Crippen LogP contribution in [0.15, 0.2) is 6.07 Å². The van der Waals surface area contributed by atoms with E-state index >= 15 is 0 Å². The molecule has 3 heterocycles. The average Bonchev–Trinajstić information content (AvgIpc) is 3.00. The molecule has 0 spiro atoms. The summed E-state index contributed by atoms with van der Waals surface area (Å²) in [5.41, 5.74) is 0.755. The number of aryl methyl sites for hydroxylation is 2. The van der Waals surface area contributed by atoms with E-state index in [-0.39, 0.29) is 23.9 Å². The van der Waals surface area contributed by atoms with Gasteiger partial charge in [-0.25, -0.2) is 0 Å². The number of carbonyl (C=O) groups excluding carboxylic acids is 1. The van der Waals surface area contributed by atoms with Crippen LogP contribution in [0.5, 0.6) is 0 Å². The van der Waals surface area contributed by atoms with Crippen LogP contribution in [0.3, 0.4) is 0 Å². The number of carboxylic acid groups (broad SMARTS) is 1. The highest BCUT2D eigenvalue weighted by Crippen LogP contribution is 2.43. The van der Waals surface area contributed by atoms with Gasteiger partial charge in [0.05, 0.1) is 11.5 Å². The zero-order valence-electron chi connectivity index (χ0n) is 11.0. The quantitative estimate of drug-likeness (QED) is 0.904. The fourth-order valence-corrected chi connectivity index (χ4v) is 4.47. The molecule has 19 heavy (non-hydrogen) atoms. The van der Waals surface area contributed by atoms with E-state index in [4.69, 9.17) is 0 Å². The van der Waals surface area contributed by atoms with E-state index in [1.807, 2.05) is 24.8 Å². The molecule has 4 nitrogen and oxygen atoms in total. The number of aliphatic carboxylic acids is 1. The molecule has 2 fully saturated rings. The molecule has 1 aromatic rings. The Labute approximate surface area is 116 Å². The summed E-state index contributed by atoms with van der Waals surface area (Å²) < 4.78 is 0. The molecule has 2 bridgehead atoms. The van der Waals surface area contributed by atoms with Gasteiger partial charge in [0.1, 0.15) is 0 Å². The van der Waals surface area contributed by atoms with Crippen LogP contribution >= 0.6 is 11.3 Å². The van der Waals surface area contributed by atoms with Gasteiger partial charge >= 0.3 is 5.97 Å². The van der Waals surface area contributed by atoms with Crippen LogP contribution in [0, 0.1) is 19.8 Å². The van der Waals surface area contributed by atoms with E-state index in [9.17, 15) is 14.7 Å². The number of amides is 1. The lowest BCUT2D eigenvalue weighted by atomic mass is 9.89. The molecule has 2 aliphatic heterocycles. The van der Waals surface area contributed by atoms with E-state index in [1.54, 1.807) is 11.3 Å². The minimum Gasteiger partial charge on any atom is -0.481 e. The van der Waals surface area contributed by atoms with Gasteiger partial charge in [-0.05, 0) is 39.2 Å². The second kappa shape index (κ2) is 4.34. The van der Waals surface area contributed by atoms with E-state index < -0.39 is 5.97 Å². The van der Waals surface area contributed by atoms with E-state index in [0.717, 1.165) is 28.2 Å². The molecule has 3 rings (SSSR count). The van der Waals surface area contributed by atoms with Crippen molar-refractivity contribution in [2.24, 2.45) is 5.92 Å². The van der Waals surface area contributed by atoms with Crippen LogP contribution in [0.2, 0.25) is 0 Å². The molecular weight excluding hydrogens is 262 g/mol. The number of rotatable bonds is 2. The first kappa shape index (κ1) is 12.7. The Morgan fingerprint density at radius 1 is 1.37 bits per heavy atom. The summed E-state index contributed by atoms with van der Waals surface area (Å²) in [6.07, 6.45) is 2.39. The number of hydrogen-bond acceptors (Lipinski definition) is 3. The van der Waals surface area contributed by atoms with Crippen molar-refractivity contribution >= 4 is 23.2 Å². The molecule has 1 amide bonds. The Morgan fingerprint density at radius 2 is 2.11 bits per heavy atom. The summed E-state index contributed by atoms with van der Waals surface area (Å²) in [5, 5.41) is 9.23. The van der Waals surface area contributed by atoms with E-state index in [1.165, 1.54) is 0 Å². The van der Waals surface area contributed by atoms with Gasteiger partial charge in [0.15, 0.2) is 0 Å². The summed E-state index contributed by atoms with van der Waals surface area (Å²) in [4.78, 5) is 27.9. The molecule has 0 aromatic carbocycles. The molecule has 2 saturated heterocycles. The normalized spacial score (nSPS) is 28.9. The molecule has 3 unspecified atom stereocenters. The first-order valence-corrected chi connectivity index (χ1v) is 7.43. The van der Waals surface area contributed by atoms with Crippen molar-refractivity contribution in [1.82, 2.24) is 4.90 Å². The third kappa shape index (κ3) is 1.87. The summed E-state index contributed by atoms with van der Waals surface area (Å²) in [5.74, 6) is -1.11. The molecule has 1 aromatic heterocycles. The number of hydrogen-bond donors (Lipinski definition) is 1. The van der Waals surface area contributed by atoms with Gasteiger partial charge in [-0.2, -0.15) is 0 Å². The summed E-state index contributed by atoms with van der Waals surface area (Å²) in [7, 11) is 0. The number of carbonyl (C=O) groups is 2. The van der Waals surface area contributed by atoms with Gasteiger partial charge in [0.2, 0.25) is 0 Å². The molecule has 5 heteroatoms. The molecule has 3 atom stereocenters. The predicted octanol–water partition coefficient (Wildman–Crippen LogP) is 2.44. The molecule has 102 valence electrons. The highest BCUT2D eigenvalue weighted by atomic mass is 32.1. The van der Waals surface area contributed by atoms with Gasteiger partial charge in [0, 0.05) is 21.8 Å². The van der Waals surface area contributed by atoms with E-state index in [2.05, 4.69) is 0 Å². The first-order valence-electron chi connectivity index (χ1n) is 6.61. The molecule has 0 aliphatic carbocycles. The molecular formula is C14H17NO3S. The Morgan fingerprint density at radius 3 is 2.63 bits per heavy atom. The van der Waals surface area contributed by atoms with Crippen molar-refractivity contribution < 1.29 is 14.7 Å². The Balaban J connectivity index is 1.89. The largest absolute Gasteiger partial charge is 0.481 e. The first-order chi connectivity index (χ1) is 8.99. The maximum absolute atomic E-state index is 12.6. The van der Waals surface area contributed by atoms with Crippen molar-refractivity contribution in [3.05, 3.63) is 21.4 Å². The third-order valence-electron chi connectivity index (χ3n) is 4.36. The lowest BCUT2D eigenvalue weighted by Gasteiger charge is -2.23. The number of carboxylic acids is 1. The standard InChI is InChI=1S/C14H17NO3S/c1-7-5-10(8(2)19-7)13(16)15-9-3-4-12(15)11(6-9)14(17)18/h5,9,11-12H,3-4,6H2,1-2H3,(H,17,18). The molecule has 1 N–H and O–H groups in total. The van der Waals surface area contributed by atoms with Crippen LogP contribution in [-0.2, 0) is 4.79 Å². The van der Waals surface area contributed by atoms with Crippen molar-refractivity contribution in [1.29, 1.82) is 0 Å². The molecule has 2 aliphatic rings. The van der Waals surface area contributed by atoms with Gasteiger partial charge in [-0.3, -0.25) is 9.59 Å². The Kier molecular flexibility index (Phi) is 2.89. The van der Waals surface area contributed by atoms with Crippen LogP contribution < -0.4 is 0 Å². The second-order valence-corrected chi connectivity index (χ2v) is 6.98. The summed E-state index contributed by atoms with van der Waals surface area (Å²) >= 11 is 1.62. The van der Waals surface area contributed by atoms with Crippen LogP contribution in [0.4, 0.5) is 0 Å². The smallest absolute Gasteiger partial charge is 0.308 e. The van der Waals surface area contributed by atoms with Crippen molar-refractivity contribution in [3.8, 4) is 0 Å². The monoisotopic (exact) mass is 279 g/mol. The summed E-state index contributed by atoms with van der Waals surface area (Å²) in [6.45, 7) is 3.95. The van der Waals surface area contributed by atoms with Crippen LogP contribution in [0.1, 0.15) is 39.4 Å². The number of thiophene rings is 1. The lowest BCUT2D eigenvalue weighted by molar-refractivity contribution is -0.142. The zero-order chi connectivity index (χ0) is 13.7. The second-order valence-electron chi connectivity index (χ2n) is 5.52. The SMILES string of the molecule is Cc1cc(C(=O)N2C3CCC2C(C(=O)O)C3)c(C)s1. The fraction of sp³-hybridized carbons (Fsp3) is 0.571. The van der Waals surface area contributed by atoms with Crippen LogP contribution in [-0.4, -0.2) is 34.0 Å². The lowest BCUT2D eigenvalue weighted by Crippen LogP contribution is -2.37. The highest BCUT2D eigenvalue weighted by molar-refractivity contribution is 7.12. The maximum atomic E-state index is 12.6. The number of fused-ring (bicyclic) bond motifs is 2. The van der Waals surface area contributed by atoms with Crippen molar-refractivity contribution in [3.63, 3.8) is 0 Å².